The molecule has 2 heterocycles. The highest BCUT2D eigenvalue weighted by Crippen LogP contribution is 2.52. The zero-order valence-corrected chi connectivity index (χ0v) is 18.3. The number of hydrogen-bond donors (Lipinski definition) is 2. The second-order valence-corrected chi connectivity index (χ2v) is 9.85. The van der Waals surface area contributed by atoms with Crippen LogP contribution in [-0.4, -0.2) is 37.9 Å². The van der Waals surface area contributed by atoms with Gasteiger partial charge in [0.2, 0.25) is 0 Å². The van der Waals surface area contributed by atoms with E-state index < -0.39 is 22.0 Å². The summed E-state index contributed by atoms with van der Waals surface area (Å²) in [5.74, 6) is -3.13. The van der Waals surface area contributed by atoms with E-state index in [1.807, 2.05) is 0 Å². The molecular formula is C21H20F2N6O3S. The molecule has 1 fully saturated rings. The summed E-state index contributed by atoms with van der Waals surface area (Å²) in [6, 6.07) is 9.92. The van der Waals surface area contributed by atoms with Crippen LogP contribution in [0.5, 0.6) is 11.6 Å². The van der Waals surface area contributed by atoms with Crippen molar-refractivity contribution in [2.75, 3.05) is 33.7 Å². The van der Waals surface area contributed by atoms with Gasteiger partial charge in [0.1, 0.15) is 5.75 Å². The molecule has 1 atom stereocenters. The van der Waals surface area contributed by atoms with Gasteiger partial charge in [-0.3, -0.25) is 8.61 Å². The predicted octanol–water partition coefficient (Wildman–Crippen LogP) is 3.26. The highest BCUT2D eigenvalue weighted by Gasteiger charge is 2.59. The molecule has 0 radical (unpaired) electrons. The third-order valence-corrected chi connectivity index (χ3v) is 7.58. The normalized spacial score (nSPS) is 19.9. The van der Waals surface area contributed by atoms with E-state index in [0.29, 0.717) is 33.9 Å². The molecule has 2 aliphatic rings. The van der Waals surface area contributed by atoms with Crippen LogP contribution in [-0.2, 0) is 10.2 Å². The van der Waals surface area contributed by atoms with E-state index in [9.17, 15) is 17.2 Å². The molecule has 0 spiro atoms. The minimum Gasteiger partial charge on any atom is -0.436 e. The summed E-state index contributed by atoms with van der Waals surface area (Å²) in [6.07, 6.45) is 2.58. The number of anilines is 4. The first-order valence-corrected chi connectivity index (χ1v) is 11.4. The average Bonchev–Trinajstić information content (AvgIpc) is 3.34. The minimum absolute atomic E-state index is 0.126. The van der Waals surface area contributed by atoms with E-state index >= 15 is 0 Å². The molecule has 172 valence electrons. The Morgan fingerprint density at radius 2 is 1.85 bits per heavy atom. The lowest BCUT2D eigenvalue weighted by molar-refractivity contribution is 0.101. The average molecular weight is 474 g/mol. The van der Waals surface area contributed by atoms with Gasteiger partial charge >= 0.3 is 10.2 Å². The molecular weight excluding hydrogens is 454 g/mol. The molecule has 0 bridgehead atoms. The van der Waals surface area contributed by atoms with Gasteiger partial charge in [-0.25, -0.2) is 18.7 Å². The van der Waals surface area contributed by atoms with Crippen LogP contribution < -0.4 is 24.8 Å². The summed E-state index contributed by atoms with van der Waals surface area (Å²) in [7, 11) is -2.55. The smallest absolute Gasteiger partial charge is 0.326 e. The molecule has 9 nitrogen and oxygen atoms in total. The Bertz CT molecular complexity index is 1370. The van der Waals surface area contributed by atoms with E-state index in [2.05, 4.69) is 9.97 Å². The Labute approximate surface area is 188 Å². The molecule has 5 rings (SSSR count). The fourth-order valence-corrected chi connectivity index (χ4v) is 5.25. The molecule has 1 aromatic heterocycles. The topological polar surface area (TPSA) is 128 Å². The Morgan fingerprint density at radius 3 is 2.55 bits per heavy atom. The summed E-state index contributed by atoms with van der Waals surface area (Å²) >= 11 is 0. The third-order valence-electron chi connectivity index (χ3n) is 5.79. The van der Waals surface area contributed by atoms with E-state index in [4.69, 9.17) is 16.2 Å². The number of nitrogens with two attached hydrogens (primary N) is 2. The first-order valence-electron chi connectivity index (χ1n) is 10.0. The van der Waals surface area contributed by atoms with E-state index in [1.165, 1.54) is 19.4 Å². The van der Waals surface area contributed by atoms with Crippen molar-refractivity contribution in [3.8, 4) is 22.8 Å². The molecule has 12 heteroatoms. The number of halogens is 2. The fraction of sp³-hybridized carbons (Fsp3) is 0.238. The Morgan fingerprint density at radius 1 is 1.12 bits per heavy atom. The van der Waals surface area contributed by atoms with Crippen molar-refractivity contribution in [2.45, 2.75) is 12.3 Å². The largest absolute Gasteiger partial charge is 0.436 e. The van der Waals surface area contributed by atoms with E-state index in [0.717, 1.165) is 8.61 Å². The number of benzene rings is 2. The highest BCUT2D eigenvalue weighted by molar-refractivity contribution is 7.94. The molecule has 3 aromatic rings. The minimum atomic E-state index is -3.94. The van der Waals surface area contributed by atoms with Crippen molar-refractivity contribution in [2.24, 2.45) is 5.92 Å². The van der Waals surface area contributed by atoms with Crippen molar-refractivity contribution >= 4 is 33.1 Å². The van der Waals surface area contributed by atoms with Crippen LogP contribution in [0.15, 0.2) is 48.8 Å². The predicted molar refractivity (Wildman–Crippen MR) is 121 cm³/mol. The number of aromatic nitrogens is 2. The molecule has 1 aliphatic carbocycles. The SMILES string of the molecule is CN1c2cc(-c3cc(Oc4nccnc4N)ccc3N)ccc2N(CC2CC2(F)F)S1(=O)=O. The molecule has 2 aromatic carbocycles. The van der Waals surface area contributed by atoms with Crippen molar-refractivity contribution < 1.29 is 21.9 Å². The maximum absolute atomic E-state index is 13.4. The zero-order valence-electron chi connectivity index (χ0n) is 17.4. The summed E-state index contributed by atoms with van der Waals surface area (Å²) in [5.41, 5.74) is 14.3. The van der Waals surface area contributed by atoms with Gasteiger partial charge in [-0.15, -0.1) is 0 Å². The number of rotatable bonds is 5. The summed E-state index contributed by atoms with van der Waals surface area (Å²) in [5, 5.41) is 0. The van der Waals surface area contributed by atoms with Gasteiger partial charge in [0.05, 0.1) is 11.4 Å². The van der Waals surface area contributed by atoms with Crippen LogP contribution >= 0.6 is 0 Å². The first-order chi connectivity index (χ1) is 15.6. The maximum Gasteiger partial charge on any atom is 0.326 e. The molecule has 1 aliphatic heterocycles. The first kappa shape index (κ1) is 21.2. The van der Waals surface area contributed by atoms with Crippen LogP contribution in [0.25, 0.3) is 11.1 Å². The second kappa shape index (κ2) is 7.17. The van der Waals surface area contributed by atoms with Crippen molar-refractivity contribution in [1.29, 1.82) is 0 Å². The Balaban J connectivity index is 1.50. The molecule has 33 heavy (non-hydrogen) atoms. The van der Waals surface area contributed by atoms with Crippen molar-refractivity contribution in [1.82, 2.24) is 9.97 Å². The Kier molecular flexibility index (Phi) is 4.60. The molecule has 4 N–H and O–H groups in total. The molecule has 1 unspecified atom stereocenters. The van der Waals surface area contributed by atoms with Gasteiger partial charge in [0.25, 0.3) is 11.8 Å². The molecule has 0 amide bonds. The van der Waals surface area contributed by atoms with E-state index in [1.54, 1.807) is 36.4 Å². The van der Waals surface area contributed by atoms with Crippen LogP contribution in [0, 0.1) is 5.92 Å². The summed E-state index contributed by atoms with van der Waals surface area (Å²) in [6.45, 7) is -0.267. The number of ether oxygens (including phenoxy) is 1. The second-order valence-electron chi connectivity index (χ2n) is 7.97. The van der Waals surface area contributed by atoms with Crippen molar-refractivity contribution in [3.63, 3.8) is 0 Å². The van der Waals surface area contributed by atoms with Gasteiger partial charge in [-0.1, -0.05) is 6.07 Å². The number of nitrogen functional groups attached to an aromatic ring is 2. The van der Waals surface area contributed by atoms with Gasteiger partial charge in [-0.2, -0.15) is 8.42 Å². The van der Waals surface area contributed by atoms with Crippen LogP contribution in [0.1, 0.15) is 6.42 Å². The highest BCUT2D eigenvalue weighted by atomic mass is 32.2. The third kappa shape index (κ3) is 3.55. The summed E-state index contributed by atoms with van der Waals surface area (Å²) < 4.78 is 60.5. The van der Waals surface area contributed by atoms with Crippen LogP contribution in [0.3, 0.4) is 0 Å². The number of hydrogen-bond acceptors (Lipinski definition) is 7. The summed E-state index contributed by atoms with van der Waals surface area (Å²) in [4.78, 5) is 7.97. The van der Waals surface area contributed by atoms with Crippen molar-refractivity contribution in [3.05, 3.63) is 48.8 Å². The van der Waals surface area contributed by atoms with Gasteiger partial charge < -0.3 is 16.2 Å². The maximum atomic E-state index is 13.4. The van der Waals surface area contributed by atoms with Gasteiger partial charge in [0, 0.05) is 49.6 Å². The van der Waals surface area contributed by atoms with Gasteiger partial charge in [-0.05, 0) is 35.9 Å². The number of nitrogens with zero attached hydrogens (tertiary/aromatic N) is 4. The lowest BCUT2D eigenvalue weighted by Gasteiger charge is -2.18. The molecule has 1 saturated carbocycles. The van der Waals surface area contributed by atoms with Crippen LogP contribution in [0.2, 0.25) is 0 Å². The van der Waals surface area contributed by atoms with E-state index in [-0.39, 0.29) is 24.7 Å². The quantitative estimate of drug-likeness (QED) is 0.543. The monoisotopic (exact) mass is 474 g/mol. The zero-order chi connectivity index (χ0) is 23.5. The number of fused-ring (bicyclic) bond motifs is 1. The number of alkyl halides is 2. The van der Waals surface area contributed by atoms with Gasteiger partial charge in [0.15, 0.2) is 5.82 Å². The standard InChI is InChI=1S/C21H20F2N6O3S/c1-28-18-8-12(2-5-17(18)29(33(28,30)31)11-13-10-21(13,22)23)15-9-14(3-4-16(15)24)32-20-19(25)26-6-7-27-20/h2-9,13H,10-11,24H2,1H3,(H2,25,26). The molecule has 0 saturated heterocycles. The fourth-order valence-electron chi connectivity index (χ4n) is 3.79. The Hall–Kier alpha value is -3.67. The lowest BCUT2D eigenvalue weighted by atomic mass is 10.0. The van der Waals surface area contributed by atoms with Crippen LogP contribution in [0.4, 0.5) is 31.7 Å². The lowest BCUT2D eigenvalue weighted by Crippen LogP contribution is -2.37.